The molecule has 0 unspecified atom stereocenters. The third-order valence-electron chi connectivity index (χ3n) is 3.56. The lowest BCUT2D eigenvalue weighted by atomic mass is 10.1. The Morgan fingerprint density at radius 3 is 2.65 bits per heavy atom. The normalized spacial score (nSPS) is 11.1. The van der Waals surface area contributed by atoms with Crippen LogP contribution in [0, 0.1) is 0 Å². The van der Waals surface area contributed by atoms with Gasteiger partial charge in [-0.1, -0.05) is 18.2 Å². The smallest absolute Gasteiger partial charge is 0.238 e. The highest BCUT2D eigenvalue weighted by Crippen LogP contribution is 2.30. The molecule has 1 aromatic heterocycles. The molecule has 0 bridgehead atoms. The Bertz CT molecular complexity index is 789. The molecule has 0 fully saturated rings. The molecule has 0 aliphatic rings. The number of carbonyl (C=O) groups is 1. The van der Waals surface area contributed by atoms with Crippen LogP contribution < -0.4 is 11.1 Å². The number of aromatic nitrogens is 1. The largest absolute Gasteiger partial charge is 0.341 e. The minimum Gasteiger partial charge on any atom is -0.341 e. The Morgan fingerprint density at radius 2 is 1.90 bits per heavy atom. The monoisotopic (exact) mass is 267 g/mol. The summed E-state index contributed by atoms with van der Waals surface area (Å²) < 4.78 is 2.28. The number of nitrogens with zero attached hydrogens (tertiary/aromatic N) is 1. The molecule has 0 saturated heterocycles. The van der Waals surface area contributed by atoms with Crippen molar-refractivity contribution in [1.29, 1.82) is 0 Å². The first-order chi connectivity index (χ1) is 9.74. The zero-order chi connectivity index (χ0) is 14.1. The van der Waals surface area contributed by atoms with Crippen molar-refractivity contribution in [2.24, 2.45) is 5.73 Å². The lowest BCUT2D eigenvalue weighted by molar-refractivity contribution is -0.114. The lowest BCUT2D eigenvalue weighted by Crippen LogP contribution is -2.21. The second kappa shape index (κ2) is 4.98. The summed E-state index contributed by atoms with van der Waals surface area (Å²) in [7, 11) is 0. The standard InChI is InChI=1S/C16H17N3O/c1-2-19-14-6-4-3-5-12(14)13-9-11(7-8-15(13)19)18-16(20)10-17/h3-9H,2,10,17H2,1H3,(H,18,20). The van der Waals surface area contributed by atoms with Crippen molar-refractivity contribution in [2.45, 2.75) is 13.5 Å². The van der Waals surface area contributed by atoms with Crippen molar-refractivity contribution in [1.82, 2.24) is 4.57 Å². The van der Waals surface area contributed by atoms with Gasteiger partial charge >= 0.3 is 0 Å². The van der Waals surface area contributed by atoms with Gasteiger partial charge in [-0.05, 0) is 31.2 Å². The summed E-state index contributed by atoms with van der Waals surface area (Å²) in [4.78, 5) is 11.4. The average molecular weight is 267 g/mol. The molecular weight excluding hydrogens is 250 g/mol. The first-order valence-electron chi connectivity index (χ1n) is 6.75. The Balaban J connectivity index is 2.23. The zero-order valence-corrected chi connectivity index (χ0v) is 11.4. The molecule has 4 heteroatoms. The molecule has 3 N–H and O–H groups in total. The maximum Gasteiger partial charge on any atom is 0.238 e. The fraction of sp³-hybridized carbons (Fsp3) is 0.188. The molecule has 20 heavy (non-hydrogen) atoms. The second-order valence-corrected chi connectivity index (χ2v) is 4.75. The van der Waals surface area contributed by atoms with E-state index in [4.69, 9.17) is 5.73 Å². The Kier molecular flexibility index (Phi) is 3.16. The maximum atomic E-state index is 11.4. The fourth-order valence-electron chi connectivity index (χ4n) is 2.68. The van der Waals surface area contributed by atoms with E-state index in [9.17, 15) is 4.79 Å². The van der Waals surface area contributed by atoms with Gasteiger partial charge in [0.2, 0.25) is 5.91 Å². The summed E-state index contributed by atoms with van der Waals surface area (Å²) >= 11 is 0. The summed E-state index contributed by atoms with van der Waals surface area (Å²) in [6.07, 6.45) is 0. The molecule has 0 spiro atoms. The molecule has 0 aliphatic carbocycles. The highest BCUT2D eigenvalue weighted by molar-refractivity contribution is 6.09. The first kappa shape index (κ1) is 12.7. The molecule has 3 aromatic rings. The Labute approximate surface area is 117 Å². The van der Waals surface area contributed by atoms with Gasteiger partial charge in [0.15, 0.2) is 0 Å². The van der Waals surface area contributed by atoms with Gasteiger partial charge in [0, 0.05) is 34.0 Å². The van der Waals surface area contributed by atoms with E-state index in [2.05, 4.69) is 28.9 Å². The average Bonchev–Trinajstić information content (AvgIpc) is 2.80. The molecule has 0 aliphatic heterocycles. The molecule has 102 valence electrons. The minimum atomic E-state index is -0.177. The van der Waals surface area contributed by atoms with Crippen LogP contribution in [-0.4, -0.2) is 17.0 Å². The van der Waals surface area contributed by atoms with Crippen LogP contribution in [0.3, 0.4) is 0 Å². The van der Waals surface area contributed by atoms with E-state index >= 15 is 0 Å². The summed E-state index contributed by atoms with van der Waals surface area (Å²) in [6, 6.07) is 14.3. The van der Waals surface area contributed by atoms with Gasteiger partial charge in [-0.2, -0.15) is 0 Å². The number of hydrogen-bond donors (Lipinski definition) is 2. The van der Waals surface area contributed by atoms with Gasteiger partial charge in [-0.15, -0.1) is 0 Å². The number of benzene rings is 2. The van der Waals surface area contributed by atoms with Crippen molar-refractivity contribution in [3.05, 3.63) is 42.5 Å². The zero-order valence-electron chi connectivity index (χ0n) is 11.4. The number of carbonyl (C=O) groups excluding carboxylic acids is 1. The van der Waals surface area contributed by atoms with Gasteiger partial charge in [0.1, 0.15) is 0 Å². The van der Waals surface area contributed by atoms with Gasteiger partial charge in [-0.3, -0.25) is 4.79 Å². The van der Waals surface area contributed by atoms with Crippen LogP contribution in [0.4, 0.5) is 5.69 Å². The molecule has 3 rings (SSSR count). The predicted molar refractivity (Wildman–Crippen MR) is 82.8 cm³/mol. The number of nitrogens with two attached hydrogens (primary N) is 1. The number of aryl methyl sites for hydroxylation is 1. The van der Waals surface area contributed by atoms with E-state index in [1.165, 1.54) is 16.4 Å². The molecular formula is C16H17N3O. The van der Waals surface area contributed by atoms with Crippen LogP contribution in [0.25, 0.3) is 21.8 Å². The first-order valence-corrected chi connectivity index (χ1v) is 6.75. The van der Waals surface area contributed by atoms with Crippen molar-refractivity contribution in [3.8, 4) is 0 Å². The number of amides is 1. The number of para-hydroxylation sites is 1. The predicted octanol–water partition coefficient (Wildman–Crippen LogP) is 2.71. The molecule has 0 radical (unpaired) electrons. The van der Waals surface area contributed by atoms with Gasteiger partial charge in [0.25, 0.3) is 0 Å². The fourth-order valence-corrected chi connectivity index (χ4v) is 2.68. The van der Waals surface area contributed by atoms with Crippen LogP contribution >= 0.6 is 0 Å². The summed E-state index contributed by atoms with van der Waals surface area (Å²) in [6.45, 7) is 3.04. The quantitative estimate of drug-likeness (QED) is 0.766. The molecule has 0 saturated carbocycles. The molecule has 2 aromatic carbocycles. The van der Waals surface area contributed by atoms with E-state index < -0.39 is 0 Å². The third-order valence-corrected chi connectivity index (χ3v) is 3.56. The van der Waals surface area contributed by atoms with Crippen molar-refractivity contribution in [2.75, 3.05) is 11.9 Å². The van der Waals surface area contributed by atoms with Gasteiger partial charge in [-0.25, -0.2) is 0 Å². The van der Waals surface area contributed by atoms with Gasteiger partial charge < -0.3 is 15.6 Å². The van der Waals surface area contributed by atoms with Crippen LogP contribution in [0.5, 0.6) is 0 Å². The highest BCUT2D eigenvalue weighted by Gasteiger charge is 2.10. The Hall–Kier alpha value is -2.33. The summed E-state index contributed by atoms with van der Waals surface area (Å²) in [5, 5.41) is 5.15. The topological polar surface area (TPSA) is 60.0 Å². The second-order valence-electron chi connectivity index (χ2n) is 4.75. The van der Waals surface area contributed by atoms with Crippen LogP contribution in [0.2, 0.25) is 0 Å². The van der Waals surface area contributed by atoms with Crippen LogP contribution in [0.15, 0.2) is 42.5 Å². The van der Waals surface area contributed by atoms with Gasteiger partial charge in [0.05, 0.1) is 6.54 Å². The summed E-state index contributed by atoms with van der Waals surface area (Å²) in [5.41, 5.74) is 8.51. The van der Waals surface area contributed by atoms with Crippen molar-refractivity contribution < 1.29 is 4.79 Å². The third kappa shape index (κ3) is 1.94. The number of nitrogens with one attached hydrogen (secondary N) is 1. The number of hydrogen-bond acceptors (Lipinski definition) is 2. The van der Waals surface area contributed by atoms with Crippen LogP contribution in [-0.2, 0) is 11.3 Å². The molecule has 1 amide bonds. The SMILES string of the molecule is CCn1c2ccccc2c2cc(NC(=O)CN)ccc21. The number of anilines is 1. The molecule has 4 nitrogen and oxygen atoms in total. The van der Waals surface area contributed by atoms with Crippen molar-refractivity contribution >= 4 is 33.4 Å². The van der Waals surface area contributed by atoms with E-state index in [-0.39, 0.29) is 12.5 Å². The van der Waals surface area contributed by atoms with E-state index in [1.807, 2.05) is 30.3 Å². The number of rotatable bonds is 3. The minimum absolute atomic E-state index is 0.00520. The highest BCUT2D eigenvalue weighted by atomic mass is 16.1. The molecule has 1 heterocycles. The molecule has 0 atom stereocenters. The van der Waals surface area contributed by atoms with Crippen LogP contribution in [0.1, 0.15) is 6.92 Å². The Morgan fingerprint density at radius 1 is 1.15 bits per heavy atom. The lowest BCUT2D eigenvalue weighted by Gasteiger charge is -2.05. The van der Waals surface area contributed by atoms with E-state index in [0.717, 1.165) is 17.6 Å². The summed E-state index contributed by atoms with van der Waals surface area (Å²) in [5.74, 6) is -0.177. The van der Waals surface area contributed by atoms with Crippen molar-refractivity contribution in [3.63, 3.8) is 0 Å². The maximum absolute atomic E-state index is 11.4. The van der Waals surface area contributed by atoms with E-state index in [1.54, 1.807) is 0 Å². The number of fused-ring (bicyclic) bond motifs is 3. The van der Waals surface area contributed by atoms with E-state index in [0.29, 0.717) is 0 Å².